The molecule has 0 fully saturated rings. The molecule has 0 atom stereocenters. The molecule has 0 saturated carbocycles. The number of anilines is 1. The summed E-state index contributed by atoms with van der Waals surface area (Å²) in [6, 6.07) is 8.06. The molecule has 26 heavy (non-hydrogen) atoms. The first-order valence-corrected chi connectivity index (χ1v) is 7.85. The Labute approximate surface area is 151 Å². The van der Waals surface area contributed by atoms with E-state index in [0.29, 0.717) is 23.8 Å². The fourth-order valence-electron chi connectivity index (χ4n) is 2.10. The number of carbonyl (C=O) groups is 2. The third kappa shape index (κ3) is 4.85. The second-order valence-electron chi connectivity index (χ2n) is 4.98. The van der Waals surface area contributed by atoms with Gasteiger partial charge >= 0.3 is 5.97 Å². The van der Waals surface area contributed by atoms with Crippen LogP contribution in [0.3, 0.4) is 0 Å². The summed E-state index contributed by atoms with van der Waals surface area (Å²) >= 11 is 0. The smallest absolute Gasteiger partial charge is 0.344 e. The number of nitrogens with one attached hydrogen (secondary N) is 1. The lowest BCUT2D eigenvalue weighted by Crippen LogP contribution is -2.21. The molecule has 0 bridgehead atoms. The van der Waals surface area contributed by atoms with Gasteiger partial charge in [0.2, 0.25) is 5.88 Å². The first-order valence-electron chi connectivity index (χ1n) is 7.85. The highest BCUT2D eigenvalue weighted by Crippen LogP contribution is 2.28. The lowest BCUT2D eigenvalue weighted by Gasteiger charge is -2.12. The molecule has 0 aliphatic rings. The van der Waals surface area contributed by atoms with E-state index in [1.165, 1.54) is 26.5 Å². The second-order valence-corrected chi connectivity index (χ2v) is 4.98. The number of benzene rings is 1. The van der Waals surface area contributed by atoms with E-state index in [1.807, 2.05) is 0 Å². The molecule has 0 radical (unpaired) electrons. The van der Waals surface area contributed by atoms with E-state index in [2.05, 4.69) is 10.3 Å². The minimum Gasteiger partial charge on any atom is -0.497 e. The predicted octanol–water partition coefficient (Wildman–Crippen LogP) is 2.29. The zero-order chi connectivity index (χ0) is 18.9. The van der Waals surface area contributed by atoms with Gasteiger partial charge in [0, 0.05) is 12.3 Å². The predicted molar refractivity (Wildman–Crippen MR) is 93.9 cm³/mol. The third-order valence-corrected chi connectivity index (χ3v) is 3.29. The van der Waals surface area contributed by atoms with Gasteiger partial charge in [0.05, 0.1) is 26.5 Å². The summed E-state index contributed by atoms with van der Waals surface area (Å²) in [6.45, 7) is 1.66. The van der Waals surface area contributed by atoms with Crippen molar-refractivity contribution in [2.75, 3.05) is 32.8 Å². The Balaban J connectivity index is 2.00. The third-order valence-electron chi connectivity index (χ3n) is 3.29. The van der Waals surface area contributed by atoms with Gasteiger partial charge < -0.3 is 24.3 Å². The summed E-state index contributed by atoms with van der Waals surface area (Å²) in [5, 5.41) is 2.61. The van der Waals surface area contributed by atoms with E-state index in [9.17, 15) is 9.59 Å². The molecule has 8 heteroatoms. The maximum atomic E-state index is 12.2. The topological polar surface area (TPSA) is 96.0 Å². The molecular weight excluding hydrogens is 340 g/mol. The first-order chi connectivity index (χ1) is 12.6. The van der Waals surface area contributed by atoms with E-state index in [-0.39, 0.29) is 11.4 Å². The fourth-order valence-corrected chi connectivity index (χ4v) is 2.10. The van der Waals surface area contributed by atoms with Crippen molar-refractivity contribution in [3.05, 3.63) is 42.1 Å². The monoisotopic (exact) mass is 360 g/mol. The lowest BCUT2D eigenvalue weighted by atomic mass is 10.2. The molecule has 1 aromatic heterocycles. The number of aromatic nitrogens is 1. The van der Waals surface area contributed by atoms with Gasteiger partial charge in [-0.1, -0.05) is 0 Å². The minimum absolute atomic E-state index is 0.154. The van der Waals surface area contributed by atoms with Crippen molar-refractivity contribution in [3.8, 4) is 17.4 Å². The van der Waals surface area contributed by atoms with Gasteiger partial charge in [-0.2, -0.15) is 0 Å². The van der Waals surface area contributed by atoms with Crippen LogP contribution in [0.5, 0.6) is 17.4 Å². The Morgan fingerprint density at radius 3 is 2.65 bits per heavy atom. The van der Waals surface area contributed by atoms with E-state index in [0.717, 1.165) is 0 Å². The molecule has 2 aromatic rings. The molecule has 138 valence electrons. The Morgan fingerprint density at radius 2 is 1.96 bits per heavy atom. The van der Waals surface area contributed by atoms with Gasteiger partial charge in [0.15, 0.2) is 6.61 Å². The zero-order valence-electron chi connectivity index (χ0n) is 14.8. The lowest BCUT2D eigenvalue weighted by molar-refractivity contribution is -0.119. The molecule has 0 unspecified atom stereocenters. The van der Waals surface area contributed by atoms with Gasteiger partial charge in [-0.15, -0.1) is 0 Å². The Hall–Kier alpha value is -3.29. The zero-order valence-corrected chi connectivity index (χ0v) is 14.8. The minimum atomic E-state index is -0.700. The summed E-state index contributed by atoms with van der Waals surface area (Å²) < 4.78 is 20.6. The Kier molecular flexibility index (Phi) is 6.78. The normalized spacial score (nSPS) is 9.96. The highest BCUT2D eigenvalue weighted by atomic mass is 16.5. The van der Waals surface area contributed by atoms with Crippen LogP contribution < -0.4 is 19.5 Å². The van der Waals surface area contributed by atoms with E-state index in [1.54, 1.807) is 31.2 Å². The largest absolute Gasteiger partial charge is 0.497 e. The number of pyridine rings is 1. The number of carbonyl (C=O) groups excluding carboxylic acids is 2. The first kappa shape index (κ1) is 19.0. The molecule has 0 aliphatic carbocycles. The van der Waals surface area contributed by atoms with Crippen molar-refractivity contribution < 1.29 is 28.5 Å². The van der Waals surface area contributed by atoms with Crippen LogP contribution in [0.4, 0.5) is 5.69 Å². The summed E-state index contributed by atoms with van der Waals surface area (Å²) in [7, 11) is 2.99. The molecule has 1 amide bonds. The molecular formula is C18H20N2O6. The number of hydrogen-bond acceptors (Lipinski definition) is 7. The average molecular weight is 360 g/mol. The molecule has 8 nitrogen and oxygen atoms in total. The van der Waals surface area contributed by atoms with Gasteiger partial charge in [-0.25, -0.2) is 9.78 Å². The van der Waals surface area contributed by atoms with Gasteiger partial charge in [-0.05, 0) is 31.2 Å². The van der Waals surface area contributed by atoms with Crippen LogP contribution >= 0.6 is 0 Å². The van der Waals surface area contributed by atoms with Gasteiger partial charge in [-0.3, -0.25) is 4.79 Å². The summed E-state index contributed by atoms with van der Waals surface area (Å²) in [6.07, 6.45) is 1.50. The van der Waals surface area contributed by atoms with Crippen molar-refractivity contribution in [1.29, 1.82) is 0 Å². The van der Waals surface area contributed by atoms with Gasteiger partial charge in [0.25, 0.3) is 5.91 Å². The number of amides is 1. The quantitative estimate of drug-likeness (QED) is 0.722. The number of ether oxygens (including phenoxy) is 4. The van der Waals surface area contributed by atoms with Crippen LogP contribution in [-0.2, 0) is 9.53 Å². The molecule has 2 rings (SSSR count). The van der Waals surface area contributed by atoms with Crippen molar-refractivity contribution in [1.82, 2.24) is 4.98 Å². The molecule has 0 aliphatic heterocycles. The van der Waals surface area contributed by atoms with Crippen LogP contribution in [0.15, 0.2) is 36.5 Å². The Morgan fingerprint density at radius 1 is 1.15 bits per heavy atom. The van der Waals surface area contributed by atoms with E-state index in [4.69, 9.17) is 18.9 Å². The van der Waals surface area contributed by atoms with E-state index >= 15 is 0 Å². The molecule has 1 N–H and O–H groups in total. The molecule has 0 saturated heterocycles. The average Bonchev–Trinajstić information content (AvgIpc) is 2.66. The van der Waals surface area contributed by atoms with Crippen LogP contribution in [-0.4, -0.2) is 44.3 Å². The van der Waals surface area contributed by atoms with Crippen molar-refractivity contribution in [3.63, 3.8) is 0 Å². The van der Waals surface area contributed by atoms with Crippen LogP contribution in [0, 0.1) is 0 Å². The number of esters is 1. The van der Waals surface area contributed by atoms with Crippen molar-refractivity contribution in [2.45, 2.75) is 6.92 Å². The summed E-state index contributed by atoms with van der Waals surface area (Å²) in [4.78, 5) is 28.2. The highest BCUT2D eigenvalue weighted by molar-refractivity contribution is 5.97. The number of rotatable bonds is 8. The molecule has 1 aromatic carbocycles. The van der Waals surface area contributed by atoms with Crippen LogP contribution in [0.25, 0.3) is 0 Å². The maximum Gasteiger partial charge on any atom is 0.344 e. The highest BCUT2D eigenvalue weighted by Gasteiger charge is 2.17. The fraction of sp³-hybridized carbons (Fsp3) is 0.278. The molecule has 0 spiro atoms. The number of hydrogen-bond donors (Lipinski definition) is 1. The SMILES string of the molecule is CCOc1ncccc1C(=O)OCC(=O)Nc1cc(OC)ccc1OC. The number of methoxy groups -OCH3 is 2. The second kappa shape index (κ2) is 9.26. The van der Waals surface area contributed by atoms with Crippen molar-refractivity contribution >= 4 is 17.6 Å². The molecule has 1 heterocycles. The maximum absolute atomic E-state index is 12.2. The van der Waals surface area contributed by atoms with Crippen LogP contribution in [0.2, 0.25) is 0 Å². The van der Waals surface area contributed by atoms with E-state index < -0.39 is 18.5 Å². The number of nitrogens with zero attached hydrogens (tertiary/aromatic N) is 1. The van der Waals surface area contributed by atoms with Gasteiger partial charge in [0.1, 0.15) is 17.1 Å². The van der Waals surface area contributed by atoms with Crippen LogP contribution in [0.1, 0.15) is 17.3 Å². The Bertz CT molecular complexity index is 778. The van der Waals surface area contributed by atoms with Crippen molar-refractivity contribution in [2.24, 2.45) is 0 Å². The standard InChI is InChI=1S/C18H20N2O6/c1-4-25-17-13(6-5-9-19-17)18(22)26-11-16(21)20-14-10-12(23-2)7-8-15(14)24-3/h5-10H,4,11H2,1-3H3,(H,20,21). The summed E-state index contributed by atoms with van der Waals surface area (Å²) in [5.74, 6) is -0.0536. The summed E-state index contributed by atoms with van der Waals surface area (Å²) in [5.41, 5.74) is 0.561.